The molecule has 0 aliphatic carbocycles. The van der Waals surface area contributed by atoms with Crippen LogP contribution < -0.4 is 5.32 Å². The average molecular weight is 1000 g/mol. The van der Waals surface area contributed by atoms with E-state index in [0.717, 1.165) is 38.5 Å². The third kappa shape index (κ3) is 57.7. The van der Waals surface area contributed by atoms with Crippen LogP contribution in [0.3, 0.4) is 0 Å². The zero-order valence-electron chi connectivity index (χ0n) is 48.2. The maximum atomic E-state index is 12.5. The van der Waals surface area contributed by atoms with Gasteiger partial charge in [-0.3, -0.25) is 9.59 Å². The first-order valence-electron chi connectivity index (χ1n) is 32.4. The van der Waals surface area contributed by atoms with E-state index < -0.39 is 12.1 Å². The van der Waals surface area contributed by atoms with Crippen molar-refractivity contribution in [2.75, 3.05) is 13.2 Å². The van der Waals surface area contributed by atoms with E-state index in [-0.39, 0.29) is 18.5 Å². The van der Waals surface area contributed by atoms with Gasteiger partial charge < -0.3 is 20.3 Å². The summed E-state index contributed by atoms with van der Waals surface area (Å²) >= 11 is 0. The number of carbonyl (C=O) groups excluding carboxylic acids is 2. The molecule has 0 radical (unpaired) electrons. The molecule has 0 aromatic carbocycles. The van der Waals surface area contributed by atoms with E-state index >= 15 is 0 Å². The van der Waals surface area contributed by atoms with Crippen LogP contribution in [0.25, 0.3) is 0 Å². The Morgan fingerprint density at radius 2 is 0.662 bits per heavy atom. The zero-order chi connectivity index (χ0) is 51.4. The Kier molecular flexibility index (Phi) is 59.9. The lowest BCUT2D eigenvalue weighted by Gasteiger charge is -2.22. The van der Waals surface area contributed by atoms with Crippen LogP contribution in [0.5, 0.6) is 0 Å². The topological polar surface area (TPSA) is 95.9 Å². The van der Waals surface area contributed by atoms with Gasteiger partial charge in [0.1, 0.15) is 0 Å². The zero-order valence-corrected chi connectivity index (χ0v) is 48.2. The molecule has 0 aliphatic rings. The number of carbonyl (C=O) groups is 2. The molecule has 0 heterocycles. The quantitative estimate of drug-likeness (QED) is 0.0320. The smallest absolute Gasteiger partial charge is 0.305 e. The first-order valence-corrected chi connectivity index (χ1v) is 32.4. The van der Waals surface area contributed by atoms with E-state index in [9.17, 15) is 19.8 Å². The van der Waals surface area contributed by atoms with Gasteiger partial charge in [-0.25, -0.2) is 0 Å². The van der Waals surface area contributed by atoms with Crippen molar-refractivity contribution in [3.05, 3.63) is 12.2 Å². The molecule has 71 heavy (non-hydrogen) atoms. The molecule has 0 aromatic rings. The van der Waals surface area contributed by atoms with Crippen molar-refractivity contribution in [3.63, 3.8) is 0 Å². The molecule has 0 rings (SSSR count). The summed E-state index contributed by atoms with van der Waals surface area (Å²) in [5.41, 5.74) is 0. The summed E-state index contributed by atoms with van der Waals surface area (Å²) in [6.45, 7) is 4.98. The molecule has 3 N–H and O–H groups in total. The number of amides is 1. The van der Waals surface area contributed by atoms with Crippen LogP contribution in [-0.2, 0) is 14.3 Å². The minimum absolute atomic E-state index is 0.0187. The minimum atomic E-state index is -0.662. The molecule has 6 nitrogen and oxygen atoms in total. The van der Waals surface area contributed by atoms with Gasteiger partial charge in [-0.05, 0) is 51.4 Å². The Labute approximate surface area is 444 Å². The molecule has 1 amide bonds. The molecule has 0 bridgehead atoms. The molecule has 2 unspecified atom stereocenters. The third-order valence-corrected chi connectivity index (χ3v) is 15.3. The summed E-state index contributed by atoms with van der Waals surface area (Å²) in [5.74, 6) is -0.0148. The molecule has 0 saturated heterocycles. The first kappa shape index (κ1) is 69.6. The molecule has 0 spiro atoms. The lowest BCUT2D eigenvalue weighted by atomic mass is 10.0. The van der Waals surface area contributed by atoms with Gasteiger partial charge in [-0.2, -0.15) is 0 Å². The van der Waals surface area contributed by atoms with Crippen LogP contribution in [-0.4, -0.2) is 47.4 Å². The Hall–Kier alpha value is -1.40. The van der Waals surface area contributed by atoms with E-state index in [1.807, 2.05) is 0 Å². The maximum absolute atomic E-state index is 12.5. The summed E-state index contributed by atoms with van der Waals surface area (Å²) in [6, 6.07) is -0.539. The van der Waals surface area contributed by atoms with Crippen LogP contribution in [0.2, 0.25) is 0 Å². The Bertz CT molecular complexity index is 1060. The molecule has 2 atom stereocenters. The minimum Gasteiger partial charge on any atom is -0.466 e. The van der Waals surface area contributed by atoms with Gasteiger partial charge in [0.15, 0.2) is 0 Å². The van der Waals surface area contributed by atoms with Gasteiger partial charge in [-0.15, -0.1) is 0 Å². The predicted octanol–water partition coefficient (Wildman–Crippen LogP) is 20.4. The van der Waals surface area contributed by atoms with Gasteiger partial charge in [0.05, 0.1) is 25.4 Å². The lowest BCUT2D eigenvalue weighted by molar-refractivity contribution is -0.143. The second kappa shape index (κ2) is 61.1. The van der Waals surface area contributed by atoms with Crippen molar-refractivity contribution in [1.29, 1.82) is 0 Å². The maximum Gasteiger partial charge on any atom is 0.305 e. The largest absolute Gasteiger partial charge is 0.466 e. The van der Waals surface area contributed by atoms with Crippen LogP contribution in [0.4, 0.5) is 0 Å². The van der Waals surface area contributed by atoms with Crippen LogP contribution in [0.1, 0.15) is 367 Å². The van der Waals surface area contributed by atoms with Crippen LogP contribution in [0, 0.1) is 0 Å². The second-order valence-electron chi connectivity index (χ2n) is 22.5. The molecule has 0 fully saturated rings. The number of rotatable bonds is 61. The molecule has 0 saturated carbocycles. The monoisotopic (exact) mass is 1000 g/mol. The fourth-order valence-corrected chi connectivity index (χ4v) is 10.3. The molecule has 0 aromatic heterocycles. The van der Waals surface area contributed by atoms with Crippen molar-refractivity contribution in [2.45, 2.75) is 379 Å². The summed E-state index contributed by atoms with van der Waals surface area (Å²) in [5, 5.41) is 23.2. The van der Waals surface area contributed by atoms with Gasteiger partial charge in [0.2, 0.25) is 5.91 Å². The van der Waals surface area contributed by atoms with Crippen molar-refractivity contribution in [2.24, 2.45) is 0 Å². The highest BCUT2D eigenvalue weighted by Gasteiger charge is 2.20. The van der Waals surface area contributed by atoms with Gasteiger partial charge in [0, 0.05) is 12.8 Å². The normalized spacial score (nSPS) is 12.6. The number of hydrogen-bond acceptors (Lipinski definition) is 5. The molecule has 6 heteroatoms. The summed E-state index contributed by atoms with van der Waals surface area (Å²) in [7, 11) is 0. The fourth-order valence-electron chi connectivity index (χ4n) is 10.3. The highest BCUT2D eigenvalue weighted by Crippen LogP contribution is 2.18. The number of aliphatic hydroxyl groups is 2. The highest BCUT2D eigenvalue weighted by atomic mass is 16.5. The highest BCUT2D eigenvalue weighted by molar-refractivity contribution is 5.76. The van der Waals surface area contributed by atoms with Crippen molar-refractivity contribution >= 4 is 11.9 Å². The number of ether oxygens (including phenoxy) is 1. The number of esters is 1. The number of nitrogens with one attached hydrogen (secondary N) is 1. The van der Waals surface area contributed by atoms with Crippen LogP contribution >= 0.6 is 0 Å². The molecule has 422 valence electrons. The summed E-state index contributed by atoms with van der Waals surface area (Å²) in [4.78, 5) is 24.5. The molecular formula is C65H127NO5. The first-order chi connectivity index (χ1) is 35.0. The third-order valence-electron chi connectivity index (χ3n) is 15.3. The fraction of sp³-hybridized carbons (Fsp3) is 0.938. The SMILES string of the molecule is CCCCCCCCCCCCCCCCC(=O)OCCCCCCCCCCCCCC/C=C\CCCCCCCCCCCCCCC(=O)NC(CO)C(O)CCCCCCCCCCCCCC. The predicted molar refractivity (Wildman–Crippen MR) is 310 cm³/mol. The van der Waals surface area contributed by atoms with Crippen molar-refractivity contribution in [3.8, 4) is 0 Å². The van der Waals surface area contributed by atoms with E-state index in [4.69, 9.17) is 4.74 Å². The van der Waals surface area contributed by atoms with Gasteiger partial charge >= 0.3 is 5.97 Å². The second-order valence-corrected chi connectivity index (χ2v) is 22.5. The number of aliphatic hydroxyl groups excluding tert-OH is 2. The number of hydrogen-bond donors (Lipinski definition) is 3. The summed E-state index contributed by atoms with van der Waals surface area (Å²) in [6.07, 6.45) is 73.8. The van der Waals surface area contributed by atoms with Crippen molar-refractivity contribution in [1.82, 2.24) is 5.32 Å². The molecule has 0 aliphatic heterocycles. The van der Waals surface area contributed by atoms with Gasteiger partial charge in [-0.1, -0.05) is 315 Å². The number of allylic oxidation sites excluding steroid dienone is 2. The average Bonchev–Trinajstić information content (AvgIpc) is 3.37. The van der Waals surface area contributed by atoms with E-state index in [1.165, 1.54) is 295 Å². The molecular weight excluding hydrogens is 875 g/mol. The Balaban J connectivity index is 3.35. The van der Waals surface area contributed by atoms with Gasteiger partial charge in [0.25, 0.3) is 0 Å². The van der Waals surface area contributed by atoms with E-state index in [2.05, 4.69) is 31.3 Å². The van der Waals surface area contributed by atoms with E-state index in [0.29, 0.717) is 25.9 Å². The summed E-state index contributed by atoms with van der Waals surface area (Å²) < 4.78 is 5.49. The lowest BCUT2D eigenvalue weighted by Crippen LogP contribution is -2.45. The Morgan fingerprint density at radius 1 is 0.380 bits per heavy atom. The number of unbranched alkanes of at least 4 members (excludes halogenated alkanes) is 48. The Morgan fingerprint density at radius 3 is 1.00 bits per heavy atom. The standard InChI is InChI=1S/C65H127NO5/c1-3-5-7-9-11-13-15-17-35-39-43-47-51-55-59-65(70)71-60-56-52-48-44-40-36-33-31-29-27-25-23-21-19-18-20-22-24-26-28-30-32-34-38-42-46-50-54-58-64(69)66-62(61-67)63(68)57-53-49-45-41-37-16-14-12-10-8-6-4-2/h18-19,62-63,67-68H,3-17,20-61H2,1-2H3,(H,66,69)/b19-18-. The van der Waals surface area contributed by atoms with Crippen molar-refractivity contribution < 1.29 is 24.5 Å². The van der Waals surface area contributed by atoms with E-state index in [1.54, 1.807) is 0 Å². The van der Waals surface area contributed by atoms with Crippen LogP contribution in [0.15, 0.2) is 12.2 Å².